The second kappa shape index (κ2) is 29.2. The van der Waals surface area contributed by atoms with Crippen LogP contribution in [0.2, 0.25) is 0 Å². The van der Waals surface area contributed by atoms with Gasteiger partial charge in [-0.15, -0.1) is 0 Å². The molecule has 0 aromatic heterocycles. The molecule has 0 unspecified atom stereocenters. The van der Waals surface area contributed by atoms with Crippen LogP contribution in [-0.2, 0) is 85.8 Å². The molecule has 5 aromatic carbocycles. The number of aryl methyl sites for hydroxylation is 1. The number of benzene rings is 5. The van der Waals surface area contributed by atoms with E-state index in [1.807, 2.05) is 111 Å². The summed E-state index contributed by atoms with van der Waals surface area (Å²) in [5.74, 6) is -2.06. The highest BCUT2D eigenvalue weighted by atomic mass is 16.4. The van der Waals surface area contributed by atoms with Crippen molar-refractivity contribution >= 4 is 23.9 Å². The lowest BCUT2D eigenvalue weighted by atomic mass is 9.67. The Kier molecular flexibility index (Phi) is 25.9. The van der Waals surface area contributed by atoms with Crippen LogP contribution in [0.15, 0.2) is 60.7 Å². The predicted molar refractivity (Wildman–Crippen MR) is 394 cm³/mol. The zero-order valence-corrected chi connectivity index (χ0v) is 65.3. The van der Waals surface area contributed by atoms with E-state index in [-0.39, 0.29) is 96.2 Å². The van der Waals surface area contributed by atoms with E-state index in [4.69, 9.17) is 5.11 Å². The Balaban J connectivity index is 0.000000455. The Labute approximate surface area is 578 Å². The molecule has 5 rings (SSSR count). The van der Waals surface area contributed by atoms with Crippen molar-refractivity contribution in [2.24, 2.45) is 0 Å². The van der Waals surface area contributed by atoms with Gasteiger partial charge in [-0.25, -0.2) is 4.79 Å². The molecule has 0 aliphatic carbocycles. The van der Waals surface area contributed by atoms with Crippen molar-refractivity contribution in [1.82, 2.24) is 0 Å². The first-order chi connectivity index (χ1) is 42.4. The minimum Gasteiger partial charge on any atom is -0.507 e. The highest BCUT2D eigenvalue weighted by Crippen LogP contribution is 2.50. The van der Waals surface area contributed by atoms with Crippen LogP contribution in [0.25, 0.3) is 0 Å². The monoisotopic (exact) mass is 1330 g/mol. The van der Waals surface area contributed by atoms with Gasteiger partial charge in [-0.3, -0.25) is 14.4 Å². The first-order valence-electron chi connectivity index (χ1n) is 33.7. The first-order valence-corrected chi connectivity index (χ1v) is 33.7. The quantitative estimate of drug-likeness (QED) is 0.0598. The Morgan fingerprint density at radius 2 is 0.469 bits per heavy atom. The minimum absolute atomic E-state index is 0.0605. The number of carboxylic acid groups (broad SMARTS) is 4. The standard InChI is InChI=1S/C32H48O4.C19H30O3.C17H26O3.C15H22O3/c1-28(2,3)21-14-19(15-22(26(21)35)29(4,5)6)32(13,18-25(33)34)20-16-23(30(7,8)9)27(36)24(17-20)31(10,11)12;1-17(2,3)13-9-12(19(7,8)11-15(20)21)10-14(16(13)22)18(4,5)6;1-16(2,3)12-9-11(7-8-14(18)19)10-13(15(12)20)17(4,5)6;1-14(2,3)10-7-9(13(17)18)8-11(12(10)16)15(4,5)6/h14-17,35-36H,18H2,1-13H3,(H,33,34);9-10,22H,11H2,1-8H3,(H,20,21);9-10,20H,7-8H2,1-6H3,(H,18,19);7-8,16H,1-6H3,(H,17,18). The molecule has 0 aliphatic heterocycles. The van der Waals surface area contributed by atoms with Crippen molar-refractivity contribution < 1.29 is 65.1 Å². The number of aromatic hydroxyl groups is 5. The smallest absolute Gasteiger partial charge is 0.335 e. The van der Waals surface area contributed by atoms with Gasteiger partial charge in [0.15, 0.2) is 0 Å². The number of aliphatic carboxylic acids is 3. The molecule has 536 valence electrons. The molecule has 96 heavy (non-hydrogen) atoms. The first kappa shape index (κ1) is 85.1. The van der Waals surface area contributed by atoms with Gasteiger partial charge in [0.1, 0.15) is 28.7 Å². The fourth-order valence-electron chi connectivity index (χ4n) is 11.6. The van der Waals surface area contributed by atoms with Crippen molar-refractivity contribution in [3.05, 3.63) is 144 Å². The molecule has 0 heterocycles. The Hall–Kier alpha value is -7.02. The van der Waals surface area contributed by atoms with Crippen LogP contribution in [0, 0.1) is 0 Å². The molecule has 0 atom stereocenters. The van der Waals surface area contributed by atoms with E-state index in [0.717, 1.165) is 66.8 Å². The average molecular weight is 1330 g/mol. The van der Waals surface area contributed by atoms with Gasteiger partial charge in [-0.2, -0.15) is 0 Å². The van der Waals surface area contributed by atoms with E-state index in [1.165, 1.54) is 0 Å². The maximum absolute atomic E-state index is 12.3. The Bertz CT molecular complexity index is 3350. The van der Waals surface area contributed by atoms with Crippen molar-refractivity contribution in [1.29, 1.82) is 0 Å². The average Bonchev–Trinajstić information content (AvgIpc) is 0.751. The molecule has 0 aliphatic rings. The highest BCUT2D eigenvalue weighted by Gasteiger charge is 2.40. The number of aromatic carboxylic acids is 1. The summed E-state index contributed by atoms with van der Waals surface area (Å²) in [5.41, 5.74) is 7.79. The number of hydrogen-bond acceptors (Lipinski definition) is 9. The van der Waals surface area contributed by atoms with Crippen LogP contribution in [0.5, 0.6) is 28.7 Å². The van der Waals surface area contributed by atoms with Crippen LogP contribution in [0.4, 0.5) is 0 Å². The zero-order chi connectivity index (χ0) is 75.8. The summed E-state index contributed by atoms with van der Waals surface area (Å²) in [6, 6.07) is 18.9. The topological polar surface area (TPSA) is 250 Å². The summed E-state index contributed by atoms with van der Waals surface area (Å²) in [4.78, 5) is 45.4. The van der Waals surface area contributed by atoms with Crippen LogP contribution in [0.3, 0.4) is 0 Å². The van der Waals surface area contributed by atoms with Gasteiger partial charge in [0, 0.05) is 28.4 Å². The molecule has 0 amide bonds. The van der Waals surface area contributed by atoms with Crippen LogP contribution < -0.4 is 0 Å². The summed E-state index contributed by atoms with van der Waals surface area (Å²) >= 11 is 0. The lowest BCUT2D eigenvalue weighted by molar-refractivity contribution is -0.139. The summed E-state index contributed by atoms with van der Waals surface area (Å²) in [6.07, 6.45) is 0.535. The fraction of sp³-hybridized carbons (Fsp3) is 0.590. The van der Waals surface area contributed by atoms with Gasteiger partial charge in [-0.1, -0.05) is 277 Å². The van der Waals surface area contributed by atoms with E-state index >= 15 is 0 Å². The summed E-state index contributed by atoms with van der Waals surface area (Å²) < 4.78 is 0. The summed E-state index contributed by atoms with van der Waals surface area (Å²) in [5, 5.41) is 91.5. The zero-order valence-electron chi connectivity index (χ0n) is 65.3. The van der Waals surface area contributed by atoms with Crippen molar-refractivity contribution in [2.45, 2.75) is 319 Å². The molecule has 0 saturated carbocycles. The Morgan fingerprint density at radius 3 is 0.656 bits per heavy atom. The van der Waals surface area contributed by atoms with E-state index in [1.54, 1.807) is 12.1 Å². The highest BCUT2D eigenvalue weighted by molar-refractivity contribution is 5.89. The largest absolute Gasteiger partial charge is 0.507 e. The van der Waals surface area contributed by atoms with E-state index in [2.05, 4.69) is 166 Å². The third-order valence-electron chi connectivity index (χ3n) is 17.7. The van der Waals surface area contributed by atoms with Crippen molar-refractivity contribution in [2.75, 3.05) is 0 Å². The number of carbonyl (C=O) groups is 4. The van der Waals surface area contributed by atoms with Crippen LogP contribution >= 0.6 is 0 Å². The third-order valence-corrected chi connectivity index (χ3v) is 17.7. The van der Waals surface area contributed by atoms with Crippen molar-refractivity contribution in [3.63, 3.8) is 0 Å². The minimum atomic E-state index is -0.967. The van der Waals surface area contributed by atoms with E-state index in [9.17, 15) is 60.0 Å². The number of hydrogen-bond donors (Lipinski definition) is 9. The third kappa shape index (κ3) is 22.3. The van der Waals surface area contributed by atoms with E-state index in [0.29, 0.717) is 29.0 Å². The van der Waals surface area contributed by atoms with Gasteiger partial charge < -0.3 is 46.0 Å². The molecule has 0 saturated heterocycles. The van der Waals surface area contributed by atoms with E-state index < -0.39 is 34.7 Å². The van der Waals surface area contributed by atoms with Crippen molar-refractivity contribution in [3.8, 4) is 28.7 Å². The maximum atomic E-state index is 12.3. The second-order valence-electron chi connectivity index (χ2n) is 37.8. The second-order valence-corrected chi connectivity index (χ2v) is 37.8. The van der Waals surface area contributed by atoms with Gasteiger partial charge in [0.25, 0.3) is 0 Å². The van der Waals surface area contributed by atoms with Gasteiger partial charge in [0.05, 0.1) is 18.4 Å². The fourth-order valence-corrected chi connectivity index (χ4v) is 11.6. The van der Waals surface area contributed by atoms with Crippen LogP contribution in [0.1, 0.15) is 336 Å². The normalized spacial score (nSPS) is 13.1. The predicted octanol–water partition coefficient (Wildman–Crippen LogP) is 20.5. The SMILES string of the molecule is CC(C)(C)c1cc(C(=O)O)cc(C(C)(C)C)c1O.CC(C)(C)c1cc(C(C)(C)CC(=O)O)cc(C(C)(C)C)c1O.CC(C)(C)c1cc(C(C)(CC(=O)O)c2cc(C(C)(C)C)c(O)c(C(C)(C)C)c2)cc(C(C)(C)C)c1O.CC(C)(C)c1cc(CCC(=O)O)cc(C(C)(C)C)c1O. The number of phenols is 5. The molecular formula is C83H126O13. The molecule has 0 radical (unpaired) electrons. The molecule has 0 fully saturated rings. The lowest BCUT2D eigenvalue weighted by Crippen LogP contribution is -2.31. The molecule has 13 heteroatoms. The van der Waals surface area contributed by atoms with Gasteiger partial charge >= 0.3 is 23.9 Å². The Morgan fingerprint density at radius 1 is 0.271 bits per heavy atom. The van der Waals surface area contributed by atoms with Crippen LogP contribution in [-0.4, -0.2) is 69.8 Å². The molecule has 9 N–H and O–H groups in total. The molecule has 0 bridgehead atoms. The molecule has 5 aromatic rings. The molecular weight excluding hydrogens is 1200 g/mol. The maximum Gasteiger partial charge on any atom is 0.335 e. The number of phenolic OH excluding ortho intramolecular Hbond substituents is 5. The summed E-state index contributed by atoms with van der Waals surface area (Å²) in [6.45, 7) is 66.9. The lowest BCUT2D eigenvalue weighted by Gasteiger charge is -2.37. The molecule has 13 nitrogen and oxygen atoms in total. The number of carboxylic acids is 4. The van der Waals surface area contributed by atoms with Gasteiger partial charge in [0.2, 0.25) is 0 Å². The van der Waals surface area contributed by atoms with Gasteiger partial charge in [-0.05, 0) is 139 Å². The summed E-state index contributed by atoms with van der Waals surface area (Å²) in [7, 11) is 0. The molecule has 0 spiro atoms. The number of rotatable bonds is 11.